The van der Waals surface area contributed by atoms with E-state index in [1.54, 1.807) is 43.0 Å². The SMILES string of the molecule is COC(=O)c1cc(S(=O)(=O)Nc2ccc(SCc3nc4cc(F)ccc4s3)cc2)ccc1C. The van der Waals surface area contributed by atoms with Crippen LogP contribution in [-0.2, 0) is 20.5 Å². The van der Waals surface area contributed by atoms with Crippen LogP contribution < -0.4 is 4.72 Å². The van der Waals surface area contributed by atoms with Crippen molar-refractivity contribution in [3.05, 3.63) is 82.6 Å². The fourth-order valence-corrected chi connectivity index (χ4v) is 6.01. The molecule has 0 spiro atoms. The van der Waals surface area contributed by atoms with Gasteiger partial charge in [0.25, 0.3) is 10.0 Å². The molecule has 0 bridgehead atoms. The summed E-state index contributed by atoms with van der Waals surface area (Å²) in [6.07, 6.45) is 0. The van der Waals surface area contributed by atoms with Crippen LogP contribution in [0.3, 0.4) is 0 Å². The van der Waals surface area contributed by atoms with E-state index in [-0.39, 0.29) is 16.3 Å². The van der Waals surface area contributed by atoms with E-state index >= 15 is 0 Å². The summed E-state index contributed by atoms with van der Waals surface area (Å²) in [5.74, 6) is -0.285. The Morgan fingerprint density at radius 2 is 1.88 bits per heavy atom. The van der Waals surface area contributed by atoms with Crippen LogP contribution in [0.5, 0.6) is 0 Å². The number of esters is 1. The molecular weight excluding hydrogens is 483 g/mol. The number of carbonyl (C=O) groups excluding carboxylic acids is 1. The smallest absolute Gasteiger partial charge is 0.338 e. The van der Waals surface area contributed by atoms with E-state index in [1.807, 2.05) is 12.1 Å². The Hall–Kier alpha value is -2.95. The summed E-state index contributed by atoms with van der Waals surface area (Å²) in [5, 5.41) is 0.881. The molecule has 0 aliphatic rings. The van der Waals surface area contributed by atoms with Crippen LogP contribution in [0, 0.1) is 12.7 Å². The van der Waals surface area contributed by atoms with Crippen molar-refractivity contribution in [1.82, 2.24) is 4.98 Å². The minimum Gasteiger partial charge on any atom is -0.465 e. The third-order valence-electron chi connectivity index (χ3n) is 4.79. The Labute approximate surface area is 198 Å². The van der Waals surface area contributed by atoms with E-state index in [2.05, 4.69) is 9.71 Å². The summed E-state index contributed by atoms with van der Waals surface area (Å²) in [6, 6.07) is 15.8. The first-order valence-electron chi connectivity index (χ1n) is 9.75. The number of rotatable bonds is 7. The third kappa shape index (κ3) is 5.35. The molecule has 0 saturated carbocycles. The summed E-state index contributed by atoms with van der Waals surface area (Å²) < 4.78 is 47.1. The standard InChI is InChI=1S/C23H19FN2O4S3/c1-14-3-9-18(12-19(14)23(27)30-2)33(28,29)26-16-5-7-17(8-6-16)31-13-22-25-20-11-15(24)4-10-21(20)32-22/h3-12,26H,13H2,1-2H3. The predicted molar refractivity (Wildman–Crippen MR) is 129 cm³/mol. The van der Waals surface area contributed by atoms with Crippen molar-refractivity contribution in [1.29, 1.82) is 0 Å². The van der Waals surface area contributed by atoms with Gasteiger partial charge in [-0.25, -0.2) is 22.6 Å². The molecule has 0 aliphatic carbocycles. The predicted octanol–water partition coefficient (Wildman–Crippen LogP) is 5.62. The first-order valence-corrected chi connectivity index (χ1v) is 13.0. The van der Waals surface area contributed by atoms with Gasteiger partial charge in [-0.15, -0.1) is 23.1 Å². The molecule has 1 aromatic heterocycles. The van der Waals surface area contributed by atoms with E-state index in [0.717, 1.165) is 14.6 Å². The number of nitrogens with zero attached hydrogens (tertiary/aromatic N) is 1. The van der Waals surface area contributed by atoms with Gasteiger partial charge in [0, 0.05) is 16.6 Å². The number of nitrogens with one attached hydrogen (secondary N) is 1. The molecule has 4 rings (SSSR count). The van der Waals surface area contributed by atoms with Crippen molar-refractivity contribution in [3.63, 3.8) is 0 Å². The highest BCUT2D eigenvalue weighted by atomic mass is 32.2. The number of sulfonamides is 1. The van der Waals surface area contributed by atoms with Crippen LogP contribution in [0.4, 0.5) is 10.1 Å². The fraction of sp³-hybridized carbons (Fsp3) is 0.130. The quantitative estimate of drug-likeness (QED) is 0.261. The van der Waals surface area contributed by atoms with Gasteiger partial charge in [-0.05, 0) is 61.0 Å². The largest absolute Gasteiger partial charge is 0.465 e. The zero-order valence-corrected chi connectivity index (χ0v) is 20.1. The van der Waals surface area contributed by atoms with Gasteiger partial charge in [0.15, 0.2) is 0 Å². The molecule has 6 nitrogen and oxygen atoms in total. The van der Waals surface area contributed by atoms with Crippen molar-refractivity contribution in [2.45, 2.75) is 22.5 Å². The number of carbonyl (C=O) groups is 1. The zero-order chi connectivity index (χ0) is 23.6. The van der Waals surface area contributed by atoms with Gasteiger partial charge in [-0.3, -0.25) is 4.72 Å². The lowest BCUT2D eigenvalue weighted by atomic mass is 10.1. The molecule has 1 N–H and O–H groups in total. The van der Waals surface area contributed by atoms with Gasteiger partial charge >= 0.3 is 5.97 Å². The molecule has 1 heterocycles. The highest BCUT2D eigenvalue weighted by Gasteiger charge is 2.18. The maximum Gasteiger partial charge on any atom is 0.338 e. The van der Waals surface area contributed by atoms with E-state index in [4.69, 9.17) is 4.74 Å². The van der Waals surface area contributed by atoms with Gasteiger partial charge in [-0.1, -0.05) is 6.07 Å². The molecule has 0 atom stereocenters. The molecule has 10 heteroatoms. The second-order valence-electron chi connectivity index (χ2n) is 7.11. The number of methoxy groups -OCH3 is 1. The average molecular weight is 503 g/mol. The Kier molecular flexibility index (Phi) is 6.68. The first-order chi connectivity index (χ1) is 15.7. The minimum atomic E-state index is -3.88. The van der Waals surface area contributed by atoms with Crippen LogP contribution in [0.15, 0.2) is 70.5 Å². The van der Waals surface area contributed by atoms with Gasteiger partial charge in [0.1, 0.15) is 10.8 Å². The number of aromatic nitrogens is 1. The summed E-state index contributed by atoms with van der Waals surface area (Å²) in [5.41, 5.74) is 1.87. The lowest BCUT2D eigenvalue weighted by Crippen LogP contribution is -2.14. The van der Waals surface area contributed by atoms with Crippen LogP contribution in [0.25, 0.3) is 10.2 Å². The average Bonchev–Trinajstić information content (AvgIpc) is 3.20. The van der Waals surface area contributed by atoms with Gasteiger partial charge < -0.3 is 4.74 Å². The number of anilines is 1. The molecule has 0 aliphatic heterocycles. The third-order valence-corrected chi connectivity index (χ3v) is 8.41. The molecule has 0 fully saturated rings. The second-order valence-corrected chi connectivity index (χ2v) is 11.0. The maximum absolute atomic E-state index is 13.3. The van der Waals surface area contributed by atoms with E-state index in [9.17, 15) is 17.6 Å². The number of fused-ring (bicyclic) bond motifs is 1. The highest BCUT2D eigenvalue weighted by Crippen LogP contribution is 2.30. The van der Waals surface area contributed by atoms with Crippen molar-refractivity contribution in [2.75, 3.05) is 11.8 Å². The van der Waals surface area contributed by atoms with Crippen LogP contribution in [-0.4, -0.2) is 26.5 Å². The van der Waals surface area contributed by atoms with Crippen molar-refractivity contribution < 1.29 is 22.3 Å². The summed E-state index contributed by atoms with van der Waals surface area (Å²) in [6.45, 7) is 1.71. The molecule has 33 heavy (non-hydrogen) atoms. The molecule has 170 valence electrons. The number of thiazole rings is 1. The Balaban J connectivity index is 1.44. The number of benzene rings is 3. The Morgan fingerprint density at radius 3 is 2.61 bits per heavy atom. The van der Waals surface area contributed by atoms with Crippen molar-refractivity contribution in [3.8, 4) is 0 Å². The number of hydrogen-bond acceptors (Lipinski definition) is 7. The topological polar surface area (TPSA) is 85.4 Å². The summed E-state index contributed by atoms with van der Waals surface area (Å²) in [4.78, 5) is 17.2. The van der Waals surface area contributed by atoms with E-state index in [0.29, 0.717) is 22.5 Å². The van der Waals surface area contributed by atoms with E-state index in [1.165, 1.54) is 42.7 Å². The van der Waals surface area contributed by atoms with Crippen LogP contribution in [0.2, 0.25) is 0 Å². The van der Waals surface area contributed by atoms with Gasteiger partial charge in [0.2, 0.25) is 0 Å². The molecular formula is C23H19FN2O4S3. The number of hydrogen-bond donors (Lipinski definition) is 1. The molecule has 0 radical (unpaired) electrons. The van der Waals surface area contributed by atoms with Crippen LogP contribution >= 0.6 is 23.1 Å². The fourth-order valence-electron chi connectivity index (χ4n) is 3.09. The Morgan fingerprint density at radius 1 is 1.12 bits per heavy atom. The number of aryl methyl sites for hydroxylation is 1. The number of thioether (sulfide) groups is 1. The van der Waals surface area contributed by atoms with Gasteiger partial charge in [0.05, 0.1) is 33.5 Å². The highest BCUT2D eigenvalue weighted by molar-refractivity contribution is 7.98. The number of halogens is 1. The lowest BCUT2D eigenvalue weighted by molar-refractivity contribution is 0.0599. The summed E-state index contributed by atoms with van der Waals surface area (Å²) >= 11 is 3.07. The lowest BCUT2D eigenvalue weighted by Gasteiger charge is -2.11. The first kappa shape index (κ1) is 23.2. The molecule has 4 aromatic rings. The number of ether oxygens (including phenoxy) is 1. The van der Waals surface area contributed by atoms with E-state index < -0.39 is 16.0 Å². The molecule has 3 aromatic carbocycles. The normalized spacial score (nSPS) is 11.5. The molecule has 0 saturated heterocycles. The molecule has 0 amide bonds. The zero-order valence-electron chi connectivity index (χ0n) is 17.7. The van der Waals surface area contributed by atoms with Crippen molar-refractivity contribution in [2.24, 2.45) is 0 Å². The minimum absolute atomic E-state index is 0.0285. The monoisotopic (exact) mass is 502 g/mol. The van der Waals surface area contributed by atoms with Crippen molar-refractivity contribution >= 4 is 55.0 Å². The van der Waals surface area contributed by atoms with Gasteiger partial charge in [-0.2, -0.15) is 0 Å². The maximum atomic E-state index is 13.3. The van der Waals surface area contributed by atoms with Crippen LogP contribution in [0.1, 0.15) is 20.9 Å². The summed E-state index contributed by atoms with van der Waals surface area (Å²) in [7, 11) is -2.64. The Bertz CT molecular complexity index is 1430. The second kappa shape index (κ2) is 9.50. The molecule has 0 unspecified atom stereocenters.